The van der Waals surface area contributed by atoms with Crippen LogP contribution in [0.2, 0.25) is 5.02 Å². The predicted octanol–water partition coefficient (Wildman–Crippen LogP) is 4.04. The Hall–Kier alpha value is -0.180. The van der Waals surface area contributed by atoms with Crippen LogP contribution in [0.1, 0.15) is 31.4 Å². The van der Waals surface area contributed by atoms with Crippen molar-refractivity contribution in [3.8, 4) is 0 Å². The quantitative estimate of drug-likeness (QED) is 0.790. The fraction of sp³-hybridized carbons (Fsp3) is 0.571. The van der Waals surface area contributed by atoms with Crippen molar-refractivity contribution in [3.05, 3.63) is 34.9 Å². The van der Waals surface area contributed by atoms with E-state index in [1.165, 1.54) is 18.4 Å². The summed E-state index contributed by atoms with van der Waals surface area (Å²) in [6.07, 6.45) is 2.65. The molecular weight excluding hydrogens is 250 g/mol. The molecule has 0 aromatic heterocycles. The highest BCUT2D eigenvalue weighted by Crippen LogP contribution is 2.47. The lowest BCUT2D eigenvalue weighted by Crippen LogP contribution is -2.30. The summed E-state index contributed by atoms with van der Waals surface area (Å²) < 4.78 is 0. The Morgan fingerprint density at radius 2 is 2.18 bits per heavy atom. The maximum Gasteiger partial charge on any atom is 0.0409 e. The molecule has 1 aromatic rings. The van der Waals surface area contributed by atoms with E-state index in [4.69, 9.17) is 11.6 Å². The summed E-state index contributed by atoms with van der Waals surface area (Å²) in [4.78, 5) is 2.41. The third kappa shape index (κ3) is 3.18. The first kappa shape index (κ1) is 13.3. The van der Waals surface area contributed by atoms with Gasteiger partial charge in [0.15, 0.2) is 0 Å². The Morgan fingerprint density at radius 3 is 2.71 bits per heavy atom. The monoisotopic (exact) mass is 269 g/mol. The molecule has 0 saturated heterocycles. The van der Waals surface area contributed by atoms with E-state index in [0.29, 0.717) is 11.5 Å². The van der Waals surface area contributed by atoms with Crippen LogP contribution in [0, 0.1) is 5.41 Å². The predicted molar refractivity (Wildman–Crippen MR) is 78.0 cm³/mol. The number of halogens is 1. The minimum Gasteiger partial charge on any atom is -0.299 e. The number of rotatable bonds is 5. The molecule has 0 N–H and O–H groups in total. The van der Waals surface area contributed by atoms with Crippen LogP contribution in [0.4, 0.5) is 0 Å². The van der Waals surface area contributed by atoms with Crippen LogP contribution >= 0.6 is 24.2 Å². The maximum atomic E-state index is 6.04. The van der Waals surface area contributed by atoms with Gasteiger partial charge in [0, 0.05) is 17.6 Å². The van der Waals surface area contributed by atoms with Gasteiger partial charge in [0.05, 0.1) is 0 Å². The summed E-state index contributed by atoms with van der Waals surface area (Å²) in [7, 11) is 2.19. The van der Waals surface area contributed by atoms with E-state index in [1.807, 2.05) is 12.1 Å². The van der Waals surface area contributed by atoms with Crippen LogP contribution in [0.5, 0.6) is 0 Å². The average Bonchev–Trinajstić information content (AvgIpc) is 3.08. The molecule has 1 unspecified atom stereocenters. The fourth-order valence-electron chi connectivity index (χ4n) is 2.23. The molecule has 1 atom stereocenters. The van der Waals surface area contributed by atoms with E-state index < -0.39 is 0 Å². The average molecular weight is 270 g/mol. The normalized spacial score (nSPS) is 19.4. The second-order valence-corrected chi connectivity index (χ2v) is 6.06. The van der Waals surface area contributed by atoms with Crippen molar-refractivity contribution in [2.45, 2.75) is 25.8 Å². The number of nitrogens with zero attached hydrogens (tertiary/aromatic N) is 1. The van der Waals surface area contributed by atoms with Gasteiger partial charge in [-0.2, -0.15) is 12.6 Å². The molecule has 0 spiro atoms. The fourth-order valence-corrected chi connectivity index (χ4v) is 2.84. The molecule has 3 heteroatoms. The van der Waals surface area contributed by atoms with Crippen LogP contribution in [0.3, 0.4) is 0 Å². The van der Waals surface area contributed by atoms with Gasteiger partial charge in [-0.15, -0.1) is 0 Å². The molecule has 1 nitrogen and oxygen atoms in total. The molecule has 0 aliphatic heterocycles. The molecule has 1 aliphatic carbocycles. The van der Waals surface area contributed by atoms with Crippen LogP contribution in [0.25, 0.3) is 0 Å². The second kappa shape index (κ2) is 5.21. The smallest absolute Gasteiger partial charge is 0.0409 e. The van der Waals surface area contributed by atoms with Crippen molar-refractivity contribution in [2.75, 3.05) is 19.3 Å². The summed E-state index contributed by atoms with van der Waals surface area (Å²) >= 11 is 10.5. The molecule has 17 heavy (non-hydrogen) atoms. The molecule has 1 saturated carbocycles. The van der Waals surface area contributed by atoms with Gasteiger partial charge in [0.2, 0.25) is 0 Å². The van der Waals surface area contributed by atoms with Crippen LogP contribution in [-0.4, -0.2) is 24.2 Å². The molecule has 94 valence electrons. The second-order valence-electron chi connectivity index (χ2n) is 5.30. The highest BCUT2D eigenvalue weighted by atomic mass is 35.5. The summed E-state index contributed by atoms with van der Waals surface area (Å²) in [5.41, 5.74) is 1.76. The van der Waals surface area contributed by atoms with E-state index in [2.05, 4.69) is 43.6 Å². The van der Waals surface area contributed by atoms with Gasteiger partial charge in [0.1, 0.15) is 0 Å². The van der Waals surface area contributed by atoms with Gasteiger partial charge in [-0.3, -0.25) is 4.90 Å². The van der Waals surface area contributed by atoms with Crippen molar-refractivity contribution in [1.82, 2.24) is 4.90 Å². The Balaban J connectivity index is 2.02. The van der Waals surface area contributed by atoms with Gasteiger partial charge >= 0.3 is 0 Å². The van der Waals surface area contributed by atoms with Crippen LogP contribution in [-0.2, 0) is 0 Å². The first-order valence-electron chi connectivity index (χ1n) is 6.13. The third-order valence-electron chi connectivity index (χ3n) is 3.87. The zero-order chi connectivity index (χ0) is 12.5. The first-order chi connectivity index (χ1) is 8.06. The van der Waals surface area contributed by atoms with Gasteiger partial charge in [-0.1, -0.05) is 23.7 Å². The molecule has 1 aliphatic rings. The third-order valence-corrected chi connectivity index (χ3v) is 4.78. The minimum atomic E-state index is 0.408. The highest BCUT2D eigenvalue weighted by Gasteiger charge is 2.42. The zero-order valence-electron chi connectivity index (χ0n) is 10.5. The number of hydrogen-bond acceptors (Lipinski definition) is 2. The van der Waals surface area contributed by atoms with Crippen molar-refractivity contribution < 1.29 is 0 Å². The largest absolute Gasteiger partial charge is 0.299 e. The van der Waals surface area contributed by atoms with Gasteiger partial charge in [0.25, 0.3) is 0 Å². The van der Waals surface area contributed by atoms with Crippen molar-refractivity contribution in [1.29, 1.82) is 0 Å². The zero-order valence-corrected chi connectivity index (χ0v) is 12.1. The van der Waals surface area contributed by atoms with Gasteiger partial charge < -0.3 is 0 Å². The van der Waals surface area contributed by atoms with Crippen molar-refractivity contribution >= 4 is 24.2 Å². The number of benzene rings is 1. The standard InChI is InChI=1S/C14H20ClNS/c1-11(12-4-3-5-13(15)8-12)16(2)9-14(10-17)6-7-14/h3-5,8,11,17H,6-7,9-10H2,1-2H3. The number of hydrogen-bond donors (Lipinski definition) is 1. The Morgan fingerprint density at radius 1 is 1.47 bits per heavy atom. The Labute approximate surface area is 115 Å². The minimum absolute atomic E-state index is 0.408. The van der Waals surface area contributed by atoms with E-state index >= 15 is 0 Å². The first-order valence-corrected chi connectivity index (χ1v) is 7.14. The lowest BCUT2D eigenvalue weighted by Gasteiger charge is -2.29. The summed E-state index contributed by atoms with van der Waals surface area (Å²) in [5.74, 6) is 1.000. The maximum absolute atomic E-state index is 6.04. The Bertz CT molecular complexity index is 390. The topological polar surface area (TPSA) is 3.24 Å². The molecule has 0 amide bonds. The van der Waals surface area contributed by atoms with E-state index in [9.17, 15) is 0 Å². The molecule has 0 bridgehead atoms. The van der Waals surface area contributed by atoms with E-state index in [1.54, 1.807) is 0 Å². The Kier molecular flexibility index (Phi) is 4.06. The number of thiol groups is 1. The van der Waals surface area contributed by atoms with E-state index in [0.717, 1.165) is 17.3 Å². The lowest BCUT2D eigenvalue weighted by atomic mass is 10.0. The lowest BCUT2D eigenvalue weighted by molar-refractivity contribution is 0.219. The molecule has 0 radical (unpaired) electrons. The SMILES string of the molecule is CC(c1cccc(Cl)c1)N(C)CC1(CS)CC1. The van der Waals surface area contributed by atoms with E-state index in [-0.39, 0.29) is 0 Å². The highest BCUT2D eigenvalue weighted by molar-refractivity contribution is 7.80. The molecule has 2 rings (SSSR count). The van der Waals surface area contributed by atoms with Gasteiger partial charge in [-0.25, -0.2) is 0 Å². The van der Waals surface area contributed by atoms with Crippen molar-refractivity contribution in [2.24, 2.45) is 5.41 Å². The molecule has 1 fully saturated rings. The molecule has 1 aromatic carbocycles. The van der Waals surface area contributed by atoms with Crippen LogP contribution in [0.15, 0.2) is 24.3 Å². The molecular formula is C14H20ClNS. The van der Waals surface area contributed by atoms with Crippen molar-refractivity contribution in [3.63, 3.8) is 0 Å². The molecule has 0 heterocycles. The summed E-state index contributed by atoms with van der Waals surface area (Å²) in [6, 6.07) is 8.56. The van der Waals surface area contributed by atoms with Gasteiger partial charge in [-0.05, 0) is 55.7 Å². The van der Waals surface area contributed by atoms with Crippen LogP contribution < -0.4 is 0 Å². The summed E-state index contributed by atoms with van der Waals surface area (Å²) in [5, 5.41) is 0.818. The summed E-state index contributed by atoms with van der Waals surface area (Å²) in [6.45, 7) is 3.37.